The summed E-state index contributed by atoms with van der Waals surface area (Å²) in [7, 11) is 0. The smallest absolute Gasteiger partial charge is 0.0594 e. The Bertz CT molecular complexity index is 304. The molecule has 1 aromatic carbocycles. The van der Waals surface area contributed by atoms with Gasteiger partial charge in [-0.1, -0.05) is 17.7 Å². The Morgan fingerprint density at radius 3 is 2.56 bits per heavy atom. The van der Waals surface area contributed by atoms with Crippen molar-refractivity contribution in [2.24, 2.45) is 0 Å². The summed E-state index contributed by atoms with van der Waals surface area (Å²) in [6.45, 7) is 8.10. The van der Waals surface area contributed by atoms with Gasteiger partial charge >= 0.3 is 0 Å². The molecule has 0 spiro atoms. The van der Waals surface area contributed by atoms with E-state index in [1.807, 2.05) is 0 Å². The molecular weight excluding hydrogens is 200 g/mol. The van der Waals surface area contributed by atoms with Gasteiger partial charge in [-0.15, -0.1) is 0 Å². The molecule has 1 saturated heterocycles. The molecule has 1 aromatic rings. The van der Waals surface area contributed by atoms with Crippen LogP contribution in [0.15, 0.2) is 24.3 Å². The average Bonchev–Trinajstić information content (AvgIpc) is 2.33. The van der Waals surface area contributed by atoms with E-state index in [9.17, 15) is 0 Å². The summed E-state index contributed by atoms with van der Waals surface area (Å²) in [5.74, 6) is 0. The van der Waals surface area contributed by atoms with Gasteiger partial charge in [0.25, 0.3) is 0 Å². The molecule has 0 amide bonds. The van der Waals surface area contributed by atoms with Crippen molar-refractivity contribution in [3.8, 4) is 0 Å². The van der Waals surface area contributed by atoms with E-state index in [2.05, 4.69) is 41.4 Å². The predicted molar refractivity (Wildman–Crippen MR) is 66.9 cm³/mol. The molecule has 0 bridgehead atoms. The van der Waals surface area contributed by atoms with Gasteiger partial charge in [-0.3, -0.25) is 4.90 Å². The van der Waals surface area contributed by atoms with Crippen molar-refractivity contribution in [1.29, 1.82) is 0 Å². The van der Waals surface area contributed by atoms with Gasteiger partial charge in [0.1, 0.15) is 0 Å². The first-order chi connectivity index (χ1) is 7.84. The van der Waals surface area contributed by atoms with Crippen molar-refractivity contribution in [1.82, 2.24) is 4.90 Å². The Balaban J connectivity index is 1.69. The standard InChI is InChI=1S/C13H20N2O/c1-12-2-4-13(5-3-12)14-6-7-15-8-10-16-11-9-15/h2-5,14H,6-11H2,1H3. The maximum absolute atomic E-state index is 5.32. The topological polar surface area (TPSA) is 24.5 Å². The molecule has 0 radical (unpaired) electrons. The second-order valence-corrected chi connectivity index (χ2v) is 4.25. The summed E-state index contributed by atoms with van der Waals surface area (Å²) in [6.07, 6.45) is 0. The number of anilines is 1. The Labute approximate surface area is 97.4 Å². The van der Waals surface area contributed by atoms with Crippen molar-refractivity contribution in [2.45, 2.75) is 6.92 Å². The first-order valence-electron chi connectivity index (χ1n) is 5.95. The van der Waals surface area contributed by atoms with E-state index < -0.39 is 0 Å². The van der Waals surface area contributed by atoms with E-state index >= 15 is 0 Å². The fourth-order valence-corrected chi connectivity index (χ4v) is 1.85. The number of benzene rings is 1. The minimum absolute atomic E-state index is 0.879. The van der Waals surface area contributed by atoms with Crippen molar-refractivity contribution in [3.63, 3.8) is 0 Å². The zero-order chi connectivity index (χ0) is 11.2. The van der Waals surface area contributed by atoms with Gasteiger partial charge in [-0.05, 0) is 19.1 Å². The molecule has 3 heteroatoms. The minimum Gasteiger partial charge on any atom is -0.384 e. The molecule has 2 rings (SSSR count). The zero-order valence-electron chi connectivity index (χ0n) is 9.91. The normalized spacial score (nSPS) is 17.3. The van der Waals surface area contributed by atoms with Crippen LogP contribution in [0.4, 0.5) is 5.69 Å². The van der Waals surface area contributed by atoms with Gasteiger partial charge in [0.2, 0.25) is 0 Å². The molecule has 1 aliphatic rings. The second kappa shape index (κ2) is 5.87. The van der Waals surface area contributed by atoms with Crippen LogP contribution in [-0.2, 0) is 4.74 Å². The van der Waals surface area contributed by atoms with E-state index in [4.69, 9.17) is 4.74 Å². The van der Waals surface area contributed by atoms with Crippen LogP contribution in [0.3, 0.4) is 0 Å². The molecule has 0 saturated carbocycles. The lowest BCUT2D eigenvalue weighted by Gasteiger charge is -2.26. The summed E-state index contributed by atoms with van der Waals surface area (Å²) >= 11 is 0. The molecule has 0 unspecified atom stereocenters. The number of nitrogens with zero attached hydrogens (tertiary/aromatic N) is 1. The monoisotopic (exact) mass is 220 g/mol. The van der Waals surface area contributed by atoms with E-state index in [0.29, 0.717) is 0 Å². The SMILES string of the molecule is Cc1ccc(NCCN2CCOCC2)cc1. The van der Waals surface area contributed by atoms with Gasteiger partial charge < -0.3 is 10.1 Å². The van der Waals surface area contributed by atoms with E-state index in [1.54, 1.807) is 0 Å². The van der Waals surface area contributed by atoms with Gasteiger partial charge in [0.05, 0.1) is 13.2 Å². The Morgan fingerprint density at radius 1 is 1.19 bits per heavy atom. The Hall–Kier alpha value is -1.06. The molecular formula is C13H20N2O. The van der Waals surface area contributed by atoms with Crippen LogP contribution < -0.4 is 5.32 Å². The number of morpholine rings is 1. The number of rotatable bonds is 4. The van der Waals surface area contributed by atoms with Crippen molar-refractivity contribution in [3.05, 3.63) is 29.8 Å². The Morgan fingerprint density at radius 2 is 1.88 bits per heavy atom. The Kier molecular flexibility index (Phi) is 4.19. The third-order valence-electron chi connectivity index (χ3n) is 2.91. The quantitative estimate of drug-likeness (QED) is 0.836. The molecule has 16 heavy (non-hydrogen) atoms. The van der Waals surface area contributed by atoms with Crippen LogP contribution in [0.2, 0.25) is 0 Å². The number of hydrogen-bond donors (Lipinski definition) is 1. The highest BCUT2D eigenvalue weighted by Crippen LogP contribution is 2.08. The van der Waals surface area contributed by atoms with E-state index in [-0.39, 0.29) is 0 Å². The number of ether oxygens (including phenoxy) is 1. The summed E-state index contributed by atoms with van der Waals surface area (Å²) in [4.78, 5) is 2.44. The molecule has 88 valence electrons. The minimum atomic E-state index is 0.879. The maximum atomic E-state index is 5.32. The molecule has 0 aromatic heterocycles. The van der Waals surface area contributed by atoms with Crippen LogP contribution in [0.5, 0.6) is 0 Å². The van der Waals surface area contributed by atoms with Gasteiger partial charge in [0, 0.05) is 31.9 Å². The second-order valence-electron chi connectivity index (χ2n) is 4.25. The zero-order valence-corrected chi connectivity index (χ0v) is 9.91. The van der Waals surface area contributed by atoms with Crippen LogP contribution in [0.25, 0.3) is 0 Å². The molecule has 1 aliphatic heterocycles. The molecule has 0 aliphatic carbocycles. The first kappa shape index (κ1) is 11.4. The highest BCUT2D eigenvalue weighted by Gasteiger charge is 2.08. The summed E-state index contributed by atoms with van der Waals surface area (Å²) in [5, 5.41) is 3.44. The third-order valence-corrected chi connectivity index (χ3v) is 2.91. The lowest BCUT2D eigenvalue weighted by atomic mass is 10.2. The average molecular weight is 220 g/mol. The molecule has 1 fully saturated rings. The van der Waals surface area contributed by atoms with Crippen LogP contribution in [0.1, 0.15) is 5.56 Å². The maximum Gasteiger partial charge on any atom is 0.0594 e. The lowest BCUT2D eigenvalue weighted by Crippen LogP contribution is -2.38. The van der Waals surface area contributed by atoms with Gasteiger partial charge in [-0.2, -0.15) is 0 Å². The molecule has 1 heterocycles. The highest BCUT2D eigenvalue weighted by molar-refractivity contribution is 5.44. The number of hydrogen-bond acceptors (Lipinski definition) is 3. The summed E-state index contributed by atoms with van der Waals surface area (Å²) in [5.41, 5.74) is 2.51. The van der Waals surface area contributed by atoms with Gasteiger partial charge in [-0.25, -0.2) is 0 Å². The summed E-state index contributed by atoms with van der Waals surface area (Å²) < 4.78 is 5.32. The fraction of sp³-hybridized carbons (Fsp3) is 0.538. The molecule has 1 N–H and O–H groups in total. The van der Waals surface area contributed by atoms with Crippen molar-refractivity contribution in [2.75, 3.05) is 44.7 Å². The van der Waals surface area contributed by atoms with E-state index in [1.165, 1.54) is 11.3 Å². The third kappa shape index (κ3) is 3.51. The largest absolute Gasteiger partial charge is 0.384 e. The summed E-state index contributed by atoms with van der Waals surface area (Å²) in [6, 6.07) is 8.54. The molecule has 0 atom stereocenters. The lowest BCUT2D eigenvalue weighted by molar-refractivity contribution is 0.0398. The number of aryl methyl sites for hydroxylation is 1. The van der Waals surface area contributed by atoms with Crippen molar-refractivity contribution < 1.29 is 4.74 Å². The van der Waals surface area contributed by atoms with Gasteiger partial charge in [0.15, 0.2) is 0 Å². The number of nitrogens with one attached hydrogen (secondary N) is 1. The van der Waals surface area contributed by atoms with Crippen LogP contribution in [-0.4, -0.2) is 44.3 Å². The van der Waals surface area contributed by atoms with Crippen LogP contribution in [0, 0.1) is 6.92 Å². The van der Waals surface area contributed by atoms with Crippen molar-refractivity contribution >= 4 is 5.69 Å². The highest BCUT2D eigenvalue weighted by atomic mass is 16.5. The predicted octanol–water partition coefficient (Wildman–Crippen LogP) is 1.74. The first-order valence-corrected chi connectivity index (χ1v) is 5.95. The fourth-order valence-electron chi connectivity index (χ4n) is 1.85. The van der Waals surface area contributed by atoms with Crippen LogP contribution >= 0.6 is 0 Å². The van der Waals surface area contributed by atoms with E-state index in [0.717, 1.165) is 39.4 Å². The molecule has 3 nitrogen and oxygen atoms in total.